The van der Waals surface area contributed by atoms with Crippen molar-refractivity contribution >= 4 is 27.7 Å². The summed E-state index contributed by atoms with van der Waals surface area (Å²) in [6, 6.07) is 0. The molecule has 1 rings (SSSR count). The number of sulfone groups is 1. The summed E-state index contributed by atoms with van der Waals surface area (Å²) in [6.07, 6.45) is 2.47. The second-order valence-electron chi connectivity index (χ2n) is 2.58. The number of nitrogens with zero attached hydrogens (tertiary/aromatic N) is 1. The Balaban J connectivity index is 2.90. The van der Waals surface area contributed by atoms with E-state index in [-0.39, 0.29) is 0 Å². The van der Waals surface area contributed by atoms with Gasteiger partial charge in [-0.25, -0.2) is 8.42 Å². The maximum atomic E-state index is 11.0. The largest absolute Gasteiger partial charge is 0.354 e. The summed E-state index contributed by atoms with van der Waals surface area (Å²) < 4.78 is 22.0. The van der Waals surface area contributed by atoms with Gasteiger partial charge in [-0.05, 0) is 6.92 Å². The molecule has 1 atom stereocenters. The topological polar surface area (TPSA) is 58.5 Å². The van der Waals surface area contributed by atoms with Gasteiger partial charge in [0.05, 0.1) is 5.03 Å². The van der Waals surface area contributed by atoms with E-state index in [1.165, 1.54) is 6.21 Å². The van der Waals surface area contributed by atoms with Crippen molar-refractivity contribution in [2.75, 3.05) is 6.26 Å². The number of hydrogen-bond donors (Lipinski definition) is 1. The fraction of sp³-hybridized carbons (Fsp3) is 0.500. The Bertz CT molecular complexity index is 345. The van der Waals surface area contributed by atoms with Gasteiger partial charge < -0.3 is 5.32 Å². The van der Waals surface area contributed by atoms with E-state index in [4.69, 9.17) is 11.6 Å². The molecule has 12 heavy (non-hydrogen) atoms. The van der Waals surface area contributed by atoms with Gasteiger partial charge in [0.1, 0.15) is 0 Å². The molecule has 0 radical (unpaired) electrons. The molecule has 0 amide bonds. The first-order valence-corrected chi connectivity index (χ1v) is 5.59. The predicted molar refractivity (Wildman–Crippen MR) is 48.8 cm³/mol. The van der Waals surface area contributed by atoms with Crippen LogP contribution >= 0.6 is 11.6 Å². The van der Waals surface area contributed by atoms with E-state index in [0.29, 0.717) is 10.7 Å². The highest BCUT2D eigenvalue weighted by Gasteiger charge is 2.21. The van der Waals surface area contributed by atoms with Crippen LogP contribution in [0.1, 0.15) is 6.92 Å². The fourth-order valence-corrected chi connectivity index (χ4v) is 1.52. The summed E-state index contributed by atoms with van der Waals surface area (Å²) in [4.78, 5) is 3.72. The highest BCUT2D eigenvalue weighted by Crippen LogP contribution is 2.12. The average Bonchev–Trinajstić information content (AvgIpc) is 1.92. The average molecular weight is 209 g/mol. The van der Waals surface area contributed by atoms with Crippen molar-refractivity contribution in [3.8, 4) is 0 Å². The van der Waals surface area contributed by atoms with E-state index >= 15 is 0 Å². The molecule has 0 saturated carbocycles. The van der Waals surface area contributed by atoms with Crippen LogP contribution in [0.15, 0.2) is 15.7 Å². The molecule has 1 aliphatic rings. The Morgan fingerprint density at radius 1 is 1.67 bits per heavy atom. The van der Waals surface area contributed by atoms with E-state index in [2.05, 4.69) is 10.3 Å². The molecule has 0 spiro atoms. The van der Waals surface area contributed by atoms with Gasteiger partial charge in [0.2, 0.25) is 5.50 Å². The second-order valence-corrected chi connectivity index (χ2v) is 5.09. The summed E-state index contributed by atoms with van der Waals surface area (Å²) in [7, 11) is -3.18. The number of allylic oxidation sites excluding steroid dienone is 2. The highest BCUT2D eigenvalue weighted by atomic mass is 35.5. The SMILES string of the molecule is CC1=C(Cl)C=NC(S(C)(=O)=O)N1. The van der Waals surface area contributed by atoms with Gasteiger partial charge in [-0.3, -0.25) is 4.99 Å². The minimum Gasteiger partial charge on any atom is -0.354 e. The van der Waals surface area contributed by atoms with Crippen molar-refractivity contribution in [1.82, 2.24) is 5.32 Å². The third kappa shape index (κ3) is 1.98. The fourth-order valence-electron chi connectivity index (χ4n) is 0.739. The molecule has 0 fully saturated rings. The minimum absolute atomic E-state index is 0.440. The lowest BCUT2D eigenvalue weighted by Crippen LogP contribution is -2.35. The molecule has 4 nitrogen and oxygen atoms in total. The Hall–Kier alpha value is -0.550. The van der Waals surface area contributed by atoms with Crippen molar-refractivity contribution in [3.05, 3.63) is 10.7 Å². The molecular formula is C6H9ClN2O2S. The molecule has 0 aromatic heterocycles. The maximum absolute atomic E-state index is 11.0. The van der Waals surface area contributed by atoms with Crippen LogP contribution in [0.25, 0.3) is 0 Å². The zero-order valence-corrected chi connectivity index (χ0v) is 8.28. The third-order valence-corrected chi connectivity index (χ3v) is 2.86. The number of aliphatic imine (C=N–C) groups is 1. The van der Waals surface area contributed by atoms with E-state index in [9.17, 15) is 8.42 Å². The van der Waals surface area contributed by atoms with Gasteiger partial charge in [0.25, 0.3) is 0 Å². The minimum atomic E-state index is -3.18. The molecular weight excluding hydrogens is 200 g/mol. The summed E-state index contributed by atoms with van der Waals surface area (Å²) in [5.74, 6) is 0. The molecule has 0 aromatic carbocycles. The normalized spacial score (nSPS) is 24.1. The maximum Gasteiger partial charge on any atom is 0.221 e. The lowest BCUT2D eigenvalue weighted by atomic mass is 10.4. The molecule has 1 unspecified atom stereocenters. The Morgan fingerprint density at radius 3 is 2.67 bits per heavy atom. The van der Waals surface area contributed by atoms with Crippen molar-refractivity contribution < 1.29 is 8.42 Å². The van der Waals surface area contributed by atoms with Crippen LogP contribution in [-0.4, -0.2) is 26.4 Å². The highest BCUT2D eigenvalue weighted by molar-refractivity contribution is 7.91. The lowest BCUT2D eigenvalue weighted by molar-refractivity contribution is 0.574. The van der Waals surface area contributed by atoms with Gasteiger partial charge in [-0.2, -0.15) is 0 Å². The van der Waals surface area contributed by atoms with Gasteiger partial charge >= 0.3 is 0 Å². The first-order chi connectivity index (χ1) is 5.41. The standard InChI is InChI=1S/C6H9ClN2O2S/c1-4-5(7)3-8-6(9-4)12(2,10)11/h3,6,9H,1-2H3. The van der Waals surface area contributed by atoms with Crippen molar-refractivity contribution in [2.45, 2.75) is 12.4 Å². The molecule has 6 heteroatoms. The van der Waals surface area contributed by atoms with E-state index in [1.807, 2.05) is 0 Å². The van der Waals surface area contributed by atoms with Crippen LogP contribution in [0.5, 0.6) is 0 Å². The van der Waals surface area contributed by atoms with Crippen LogP contribution in [0, 0.1) is 0 Å². The monoisotopic (exact) mass is 208 g/mol. The van der Waals surface area contributed by atoms with Crippen molar-refractivity contribution in [3.63, 3.8) is 0 Å². The van der Waals surface area contributed by atoms with Crippen molar-refractivity contribution in [1.29, 1.82) is 0 Å². The zero-order chi connectivity index (χ0) is 9.35. The van der Waals surface area contributed by atoms with Crippen LogP contribution in [0.3, 0.4) is 0 Å². The summed E-state index contributed by atoms with van der Waals surface area (Å²) >= 11 is 5.66. The van der Waals surface area contributed by atoms with Crippen molar-refractivity contribution in [2.24, 2.45) is 4.99 Å². The van der Waals surface area contributed by atoms with Crippen LogP contribution in [-0.2, 0) is 9.84 Å². The molecule has 68 valence electrons. The molecule has 1 N–H and O–H groups in total. The number of rotatable bonds is 1. The molecule has 1 heterocycles. The van der Waals surface area contributed by atoms with Crippen LogP contribution in [0.4, 0.5) is 0 Å². The molecule has 0 saturated heterocycles. The molecule has 0 bridgehead atoms. The van der Waals surface area contributed by atoms with E-state index in [1.54, 1.807) is 6.92 Å². The Morgan fingerprint density at radius 2 is 2.25 bits per heavy atom. The molecule has 0 aliphatic carbocycles. The number of hydrogen-bond acceptors (Lipinski definition) is 4. The number of halogens is 1. The smallest absolute Gasteiger partial charge is 0.221 e. The third-order valence-electron chi connectivity index (χ3n) is 1.43. The van der Waals surface area contributed by atoms with E-state index < -0.39 is 15.3 Å². The Labute approximate surface area is 76.2 Å². The number of nitrogens with one attached hydrogen (secondary N) is 1. The summed E-state index contributed by atoms with van der Waals surface area (Å²) in [5, 5.41) is 3.11. The first kappa shape index (κ1) is 9.54. The van der Waals surface area contributed by atoms with Crippen LogP contribution in [0.2, 0.25) is 0 Å². The zero-order valence-electron chi connectivity index (χ0n) is 6.70. The van der Waals surface area contributed by atoms with Gasteiger partial charge in [0, 0.05) is 18.2 Å². The molecule has 1 aliphatic heterocycles. The summed E-state index contributed by atoms with van der Waals surface area (Å²) in [5.41, 5.74) is -0.262. The summed E-state index contributed by atoms with van der Waals surface area (Å²) in [6.45, 7) is 1.70. The quantitative estimate of drug-likeness (QED) is 0.681. The lowest BCUT2D eigenvalue weighted by Gasteiger charge is -2.18. The molecule has 0 aromatic rings. The van der Waals surface area contributed by atoms with Gasteiger partial charge in [-0.1, -0.05) is 11.6 Å². The van der Waals surface area contributed by atoms with Gasteiger partial charge in [0.15, 0.2) is 9.84 Å². The second kappa shape index (κ2) is 3.06. The Kier molecular flexibility index (Phi) is 2.44. The predicted octanol–water partition coefficient (Wildman–Crippen LogP) is 0.459. The van der Waals surface area contributed by atoms with E-state index in [0.717, 1.165) is 6.26 Å². The first-order valence-electron chi connectivity index (χ1n) is 3.26. The van der Waals surface area contributed by atoms with Gasteiger partial charge in [-0.15, -0.1) is 0 Å². The van der Waals surface area contributed by atoms with Crippen LogP contribution < -0.4 is 5.32 Å².